The minimum atomic E-state index is -2.81. The smallest absolute Gasteiger partial charge is 0.299 e. The van der Waals surface area contributed by atoms with Crippen LogP contribution < -0.4 is 4.18 Å². The Balaban J connectivity index is 2.87. The van der Waals surface area contributed by atoms with Gasteiger partial charge >= 0.3 is 0 Å². The second-order valence-electron chi connectivity index (χ2n) is 1.77. The molecule has 0 saturated carbocycles. The van der Waals surface area contributed by atoms with E-state index in [2.05, 4.69) is 20.1 Å². The van der Waals surface area contributed by atoms with E-state index in [1.807, 2.05) is 0 Å². The van der Waals surface area contributed by atoms with Crippen LogP contribution in [0.25, 0.3) is 0 Å². The maximum Gasteiger partial charge on any atom is 0.299 e. The average Bonchev–Trinajstić information content (AvgIpc) is 1.85. The second-order valence-corrected chi connectivity index (χ2v) is 3.32. The van der Waals surface area contributed by atoms with Gasteiger partial charge in [-0.25, -0.2) is 0 Å². The molecule has 0 aliphatic carbocycles. The number of hydrogen-bond donors (Lipinski definition) is 1. The van der Waals surface area contributed by atoms with Gasteiger partial charge in [0.25, 0.3) is 11.0 Å². The van der Waals surface area contributed by atoms with Gasteiger partial charge in [0.15, 0.2) is 0 Å². The fraction of sp³-hybridized carbons (Fsp3) is 0. The van der Waals surface area contributed by atoms with Gasteiger partial charge in [-0.3, -0.25) is 0 Å². The Morgan fingerprint density at radius 1 is 1.36 bits per heavy atom. The van der Waals surface area contributed by atoms with Crippen LogP contribution in [0.5, 0.6) is 5.75 Å². The van der Waals surface area contributed by atoms with E-state index in [0.29, 0.717) is 5.75 Å². The van der Waals surface area contributed by atoms with Crippen LogP contribution in [0, 0.1) is 0 Å². The summed E-state index contributed by atoms with van der Waals surface area (Å²) >= 11 is 3.18. The third-order valence-electron chi connectivity index (χ3n) is 0.976. The van der Waals surface area contributed by atoms with Crippen molar-refractivity contribution in [3.63, 3.8) is 0 Å². The summed E-state index contributed by atoms with van der Waals surface area (Å²) in [5, 5.41) is 0. The first-order valence-electron chi connectivity index (χ1n) is 2.76. The molecule has 0 bridgehead atoms. The largest absolute Gasteiger partial charge is 0.384 e. The summed E-state index contributed by atoms with van der Waals surface area (Å²) in [7, 11) is -2.81. The molecule has 0 fully saturated rings. The molecule has 0 saturated heterocycles. The van der Waals surface area contributed by atoms with Gasteiger partial charge in [0.2, 0.25) is 0 Å². The van der Waals surface area contributed by atoms with Gasteiger partial charge in [0, 0.05) is 4.47 Å². The zero-order chi connectivity index (χ0) is 8.27. The van der Waals surface area contributed by atoms with Crippen molar-refractivity contribution in [2.24, 2.45) is 0 Å². The molecule has 0 amide bonds. The topological polar surface area (TPSA) is 43.4 Å². The summed E-state index contributed by atoms with van der Waals surface area (Å²) in [5.74, 6) is 0.315. The van der Waals surface area contributed by atoms with Crippen LogP contribution in [0.1, 0.15) is 0 Å². The molecular weight excluding hydrogens is 232 g/mol. The van der Waals surface area contributed by atoms with Crippen molar-refractivity contribution in [2.45, 2.75) is 0 Å². The molecule has 0 aliphatic rings. The van der Waals surface area contributed by atoms with Gasteiger partial charge in [0.1, 0.15) is 5.75 Å². The maximum atomic E-state index is 10.1. The summed E-state index contributed by atoms with van der Waals surface area (Å²) < 4.78 is 25.4. The summed E-state index contributed by atoms with van der Waals surface area (Å²) in [6.45, 7) is 0. The Labute approximate surface area is 74.3 Å². The van der Waals surface area contributed by atoms with E-state index in [1.165, 1.54) is 0 Å². The van der Waals surface area contributed by atoms with Crippen molar-refractivity contribution in [2.75, 3.05) is 0 Å². The lowest BCUT2D eigenvalue weighted by Gasteiger charge is -1.95. The molecule has 0 spiro atoms. The molecule has 0 atom stereocenters. The zero-order valence-electron chi connectivity index (χ0n) is 5.36. The Hall–Kier alpha value is -0.550. The molecule has 0 aliphatic heterocycles. The molecule has 1 rings (SSSR count). The third-order valence-corrected chi connectivity index (χ3v) is 1.83. The first-order chi connectivity index (χ1) is 5.18. The van der Waals surface area contributed by atoms with Crippen molar-refractivity contribution >= 4 is 26.9 Å². The van der Waals surface area contributed by atoms with E-state index in [-0.39, 0.29) is 0 Å². The van der Waals surface area contributed by atoms with E-state index in [9.17, 15) is 8.42 Å². The Morgan fingerprint density at radius 2 is 2.09 bits per heavy atom. The predicted molar refractivity (Wildman–Crippen MR) is 45.1 cm³/mol. The molecule has 0 radical (unpaired) electrons. The van der Waals surface area contributed by atoms with Crippen molar-refractivity contribution in [3.05, 3.63) is 28.7 Å². The van der Waals surface area contributed by atoms with E-state index in [1.54, 1.807) is 24.3 Å². The molecule has 0 heterocycles. The van der Waals surface area contributed by atoms with Gasteiger partial charge in [-0.15, -0.1) is 0 Å². The third kappa shape index (κ3) is 2.90. The Bertz CT molecular complexity index is 313. The highest BCUT2D eigenvalue weighted by Crippen LogP contribution is 2.17. The number of benzene rings is 1. The summed E-state index contributed by atoms with van der Waals surface area (Å²) in [5.41, 5.74) is 0. The van der Waals surface area contributed by atoms with E-state index < -0.39 is 11.0 Å². The molecule has 1 aromatic carbocycles. The number of hydrogen-bond acceptors (Lipinski definition) is 3. The van der Waals surface area contributed by atoms with Crippen molar-refractivity contribution in [3.8, 4) is 5.75 Å². The van der Waals surface area contributed by atoms with Gasteiger partial charge in [0.05, 0.1) is 0 Å². The maximum absolute atomic E-state index is 10.1. The lowest BCUT2D eigenvalue weighted by atomic mass is 10.3. The number of halogens is 1. The van der Waals surface area contributed by atoms with Crippen LogP contribution in [0.4, 0.5) is 0 Å². The minimum absolute atomic E-state index is 0.315. The summed E-state index contributed by atoms with van der Waals surface area (Å²) in [4.78, 5) is 0. The highest BCUT2D eigenvalue weighted by atomic mass is 79.9. The van der Waals surface area contributed by atoms with Gasteiger partial charge in [-0.2, -0.15) is 8.42 Å². The lowest BCUT2D eigenvalue weighted by molar-refractivity contribution is 0.510. The van der Waals surface area contributed by atoms with Crippen molar-refractivity contribution in [1.29, 1.82) is 0 Å². The lowest BCUT2D eigenvalue weighted by Crippen LogP contribution is -1.88. The molecule has 11 heavy (non-hydrogen) atoms. The molecule has 60 valence electrons. The minimum Gasteiger partial charge on any atom is -0.384 e. The molecule has 5 heteroatoms. The van der Waals surface area contributed by atoms with Crippen LogP contribution in [0.15, 0.2) is 28.7 Å². The van der Waals surface area contributed by atoms with Crippen LogP contribution in [-0.4, -0.2) is 8.42 Å². The zero-order valence-corrected chi connectivity index (χ0v) is 7.84. The highest BCUT2D eigenvalue weighted by Gasteiger charge is 1.93. The van der Waals surface area contributed by atoms with Gasteiger partial charge < -0.3 is 4.18 Å². The van der Waals surface area contributed by atoms with Crippen LogP contribution in [0.3, 0.4) is 0 Å². The SMILES string of the molecule is O=[SH](=O)Oc1cccc(Br)c1. The number of thiol groups is 1. The molecule has 0 aromatic heterocycles. The molecule has 3 nitrogen and oxygen atoms in total. The average molecular weight is 237 g/mol. The van der Waals surface area contributed by atoms with E-state index in [0.717, 1.165) is 4.47 Å². The fourth-order valence-electron chi connectivity index (χ4n) is 0.610. The molecule has 0 N–H and O–H groups in total. The van der Waals surface area contributed by atoms with Crippen LogP contribution >= 0.6 is 15.9 Å². The quantitative estimate of drug-likeness (QED) is 0.789. The van der Waals surface area contributed by atoms with Crippen molar-refractivity contribution < 1.29 is 12.6 Å². The van der Waals surface area contributed by atoms with E-state index in [4.69, 9.17) is 0 Å². The molecule has 0 unspecified atom stereocenters. The molecular formula is C6H5BrO3S. The van der Waals surface area contributed by atoms with Crippen LogP contribution in [0.2, 0.25) is 0 Å². The standard InChI is InChI=1S/C6H5BrO3S/c7-5-2-1-3-6(4-5)10-11(8)9/h1-4,11H. The highest BCUT2D eigenvalue weighted by molar-refractivity contribution is 9.10. The Kier molecular flexibility index (Phi) is 2.90. The Morgan fingerprint density at radius 3 is 2.64 bits per heavy atom. The summed E-state index contributed by atoms with van der Waals surface area (Å²) in [6.07, 6.45) is 0. The monoisotopic (exact) mass is 236 g/mol. The number of rotatable bonds is 2. The summed E-state index contributed by atoms with van der Waals surface area (Å²) in [6, 6.07) is 6.62. The second kappa shape index (κ2) is 3.73. The normalized spacial score (nSPS) is 10.0. The predicted octanol–water partition coefficient (Wildman–Crippen LogP) is 1.35. The first-order valence-corrected chi connectivity index (χ1v) is 4.65. The van der Waals surface area contributed by atoms with E-state index >= 15 is 0 Å². The van der Waals surface area contributed by atoms with Gasteiger partial charge in [-0.1, -0.05) is 22.0 Å². The molecule has 1 aromatic rings. The fourth-order valence-corrected chi connectivity index (χ4v) is 1.27. The first kappa shape index (κ1) is 8.55. The van der Waals surface area contributed by atoms with Crippen LogP contribution in [-0.2, 0) is 11.0 Å². The van der Waals surface area contributed by atoms with Crippen molar-refractivity contribution in [1.82, 2.24) is 0 Å². The van der Waals surface area contributed by atoms with Gasteiger partial charge in [-0.05, 0) is 18.2 Å².